The highest BCUT2D eigenvalue weighted by Crippen LogP contribution is 2.51. The Morgan fingerprint density at radius 3 is 2.80 bits per heavy atom. The van der Waals surface area contributed by atoms with E-state index in [-0.39, 0.29) is 23.7 Å². The Labute approximate surface area is 215 Å². The van der Waals surface area contributed by atoms with Crippen molar-refractivity contribution < 1.29 is 26.1 Å². The number of carbonyl (C=O) groups is 1. The largest absolute Gasteiger partial charge is 1.00 e. The number of benzene rings is 2. The molecule has 1 aromatic heterocycles. The standard InChI is InChI=1S/C30H36N2O2.ClH/c1-20-27-18-23-7-8-25(17-26(23)30(20,2)12-14-32(27,3)19-22-4-5-22)29(33)31-13-10-21-6-9-28-24(16-21)11-15-34-28;/h6-9,11,15-17,20,22,27H,4-5,10,12-14,18-19H2,1-3H3;1H/t20-,27?,30?,32-;/m0./s1. The highest BCUT2D eigenvalue weighted by atomic mass is 35.5. The van der Waals surface area contributed by atoms with Crippen LogP contribution in [-0.4, -0.2) is 43.1 Å². The number of likely N-dealkylation sites (N-methyl/N-ethyl adjacent to an activating group) is 1. The molecule has 6 rings (SSSR count). The van der Waals surface area contributed by atoms with Crippen LogP contribution in [0.3, 0.4) is 0 Å². The van der Waals surface area contributed by atoms with Crippen LogP contribution in [0.5, 0.6) is 0 Å². The lowest BCUT2D eigenvalue weighted by atomic mass is 9.58. The van der Waals surface area contributed by atoms with E-state index >= 15 is 0 Å². The second-order valence-corrected chi connectivity index (χ2v) is 11.7. The van der Waals surface area contributed by atoms with E-state index in [0.29, 0.717) is 18.5 Å². The minimum absolute atomic E-state index is 0. The molecule has 2 unspecified atom stereocenters. The maximum Gasteiger partial charge on any atom is 0.251 e. The second kappa shape index (κ2) is 8.97. The lowest BCUT2D eigenvalue weighted by molar-refractivity contribution is -0.946. The molecular weight excluding hydrogens is 456 g/mol. The summed E-state index contributed by atoms with van der Waals surface area (Å²) in [6.45, 7) is 8.18. The van der Waals surface area contributed by atoms with Crippen molar-refractivity contribution in [1.82, 2.24) is 5.32 Å². The number of amides is 1. The van der Waals surface area contributed by atoms with E-state index in [4.69, 9.17) is 4.42 Å². The van der Waals surface area contributed by atoms with Gasteiger partial charge in [-0.3, -0.25) is 4.79 Å². The first-order valence-electron chi connectivity index (χ1n) is 13.1. The number of nitrogens with one attached hydrogen (secondary N) is 1. The van der Waals surface area contributed by atoms with Gasteiger partial charge in [-0.2, -0.15) is 0 Å². The van der Waals surface area contributed by atoms with Crippen molar-refractivity contribution in [2.24, 2.45) is 11.8 Å². The molecule has 2 fully saturated rings. The fourth-order valence-electron chi connectivity index (χ4n) is 6.99. The molecule has 5 heteroatoms. The number of carbonyl (C=O) groups excluding carboxylic acids is 1. The fourth-order valence-corrected chi connectivity index (χ4v) is 6.99. The number of furan rings is 1. The number of nitrogens with zero attached hydrogens (tertiary/aromatic N) is 1. The van der Waals surface area contributed by atoms with Crippen LogP contribution in [0.2, 0.25) is 0 Å². The first-order chi connectivity index (χ1) is 16.4. The molecule has 1 amide bonds. The molecule has 2 bridgehead atoms. The maximum atomic E-state index is 13.1. The number of rotatable bonds is 6. The first-order valence-corrected chi connectivity index (χ1v) is 13.1. The molecule has 3 aliphatic rings. The van der Waals surface area contributed by atoms with Gasteiger partial charge in [0.1, 0.15) is 5.58 Å². The molecular formula is C30H37ClN2O2. The van der Waals surface area contributed by atoms with E-state index in [2.05, 4.69) is 50.5 Å². The molecule has 2 heterocycles. The van der Waals surface area contributed by atoms with Gasteiger partial charge in [-0.05, 0) is 66.3 Å². The lowest BCUT2D eigenvalue weighted by Crippen LogP contribution is -3.00. The molecule has 35 heavy (non-hydrogen) atoms. The number of likely N-dealkylation sites (tertiary alicyclic amines) is 1. The lowest BCUT2D eigenvalue weighted by Gasteiger charge is -2.58. The molecule has 2 aliphatic carbocycles. The second-order valence-electron chi connectivity index (χ2n) is 11.7. The SMILES string of the molecule is C[C@H]1C2Cc3ccc(C(=O)NCCc4ccc5occc5c4)cc3C1(C)CC[N@@+]2(C)CC1CC1.[Cl-]. The van der Waals surface area contributed by atoms with Crippen LogP contribution in [0, 0.1) is 11.8 Å². The van der Waals surface area contributed by atoms with E-state index in [1.54, 1.807) is 6.26 Å². The third-order valence-corrected chi connectivity index (χ3v) is 9.53. The Balaban J connectivity index is 0.00000253. The van der Waals surface area contributed by atoms with E-state index in [9.17, 15) is 4.79 Å². The molecule has 4 nitrogen and oxygen atoms in total. The summed E-state index contributed by atoms with van der Waals surface area (Å²) in [5.74, 6) is 1.63. The molecule has 1 aliphatic heterocycles. The molecule has 1 saturated heterocycles. The molecule has 4 atom stereocenters. The van der Waals surface area contributed by atoms with Gasteiger partial charge < -0.3 is 26.6 Å². The summed E-state index contributed by atoms with van der Waals surface area (Å²) >= 11 is 0. The van der Waals surface area contributed by atoms with Crippen LogP contribution in [0.25, 0.3) is 11.0 Å². The van der Waals surface area contributed by atoms with Gasteiger partial charge in [0.15, 0.2) is 0 Å². The van der Waals surface area contributed by atoms with E-state index in [1.807, 2.05) is 18.2 Å². The van der Waals surface area contributed by atoms with Crippen LogP contribution >= 0.6 is 0 Å². The average Bonchev–Trinajstić information content (AvgIpc) is 3.51. The van der Waals surface area contributed by atoms with Crippen molar-refractivity contribution in [3.8, 4) is 0 Å². The Hall–Kier alpha value is -2.30. The van der Waals surface area contributed by atoms with Gasteiger partial charge in [0.05, 0.1) is 32.4 Å². The van der Waals surface area contributed by atoms with Crippen LogP contribution in [0.1, 0.15) is 60.2 Å². The van der Waals surface area contributed by atoms with Crippen molar-refractivity contribution >= 4 is 16.9 Å². The number of halogens is 1. The van der Waals surface area contributed by atoms with Gasteiger partial charge in [0.2, 0.25) is 0 Å². The predicted octanol–water partition coefficient (Wildman–Crippen LogP) is 2.49. The van der Waals surface area contributed by atoms with Gasteiger partial charge in [-0.15, -0.1) is 0 Å². The zero-order valence-electron chi connectivity index (χ0n) is 21.1. The quantitative estimate of drug-likeness (QED) is 0.537. The average molecular weight is 493 g/mol. The van der Waals surface area contributed by atoms with Gasteiger partial charge in [-0.1, -0.05) is 26.0 Å². The summed E-state index contributed by atoms with van der Waals surface area (Å²) < 4.78 is 6.67. The molecule has 0 radical (unpaired) electrons. The van der Waals surface area contributed by atoms with Crippen LogP contribution < -0.4 is 17.7 Å². The van der Waals surface area contributed by atoms with Gasteiger partial charge >= 0.3 is 0 Å². The first kappa shape index (κ1) is 24.4. The van der Waals surface area contributed by atoms with Crippen molar-refractivity contribution in [3.05, 3.63) is 71.0 Å². The Morgan fingerprint density at radius 1 is 1.17 bits per heavy atom. The van der Waals surface area contributed by atoms with Crippen molar-refractivity contribution in [3.63, 3.8) is 0 Å². The van der Waals surface area contributed by atoms with Crippen molar-refractivity contribution in [2.75, 3.05) is 26.7 Å². The maximum absolute atomic E-state index is 13.1. The summed E-state index contributed by atoms with van der Waals surface area (Å²) in [4.78, 5) is 13.1. The minimum Gasteiger partial charge on any atom is -1.00 e. The van der Waals surface area contributed by atoms with Crippen LogP contribution in [0.15, 0.2) is 53.1 Å². The van der Waals surface area contributed by atoms with E-state index in [1.165, 1.54) is 53.5 Å². The smallest absolute Gasteiger partial charge is 0.251 e. The van der Waals surface area contributed by atoms with Gasteiger partial charge in [0.25, 0.3) is 5.91 Å². The molecule has 3 aromatic rings. The summed E-state index contributed by atoms with van der Waals surface area (Å²) in [5, 5.41) is 4.26. The fraction of sp³-hybridized carbons (Fsp3) is 0.500. The van der Waals surface area contributed by atoms with Crippen molar-refractivity contribution in [2.45, 2.75) is 57.4 Å². The Morgan fingerprint density at radius 2 is 2.00 bits per heavy atom. The van der Waals surface area contributed by atoms with Crippen LogP contribution in [0.4, 0.5) is 0 Å². The third kappa shape index (κ3) is 4.29. The highest BCUT2D eigenvalue weighted by Gasteiger charge is 2.55. The van der Waals surface area contributed by atoms with Gasteiger partial charge in [0, 0.05) is 47.6 Å². The summed E-state index contributed by atoms with van der Waals surface area (Å²) in [7, 11) is 2.51. The highest BCUT2D eigenvalue weighted by molar-refractivity contribution is 5.94. The molecule has 0 spiro atoms. The molecule has 1 N–H and O–H groups in total. The zero-order chi connectivity index (χ0) is 23.5. The summed E-state index contributed by atoms with van der Waals surface area (Å²) in [5.41, 5.74) is 5.97. The zero-order valence-corrected chi connectivity index (χ0v) is 21.9. The normalized spacial score (nSPS) is 29.3. The number of hydrogen-bond acceptors (Lipinski definition) is 2. The minimum atomic E-state index is 0. The third-order valence-electron chi connectivity index (χ3n) is 9.53. The van der Waals surface area contributed by atoms with E-state index in [0.717, 1.165) is 35.3 Å². The van der Waals surface area contributed by atoms with Gasteiger partial charge in [-0.25, -0.2) is 0 Å². The van der Waals surface area contributed by atoms with Crippen LogP contribution in [-0.2, 0) is 18.3 Å². The molecule has 1 saturated carbocycles. The van der Waals surface area contributed by atoms with E-state index < -0.39 is 0 Å². The summed E-state index contributed by atoms with van der Waals surface area (Å²) in [6, 6.07) is 15.4. The topological polar surface area (TPSA) is 42.2 Å². The van der Waals surface area contributed by atoms with Crippen molar-refractivity contribution in [1.29, 1.82) is 0 Å². The number of hydrogen-bond donors (Lipinski definition) is 1. The predicted molar refractivity (Wildman–Crippen MR) is 136 cm³/mol. The monoisotopic (exact) mass is 492 g/mol. The summed E-state index contributed by atoms with van der Waals surface area (Å²) in [6.07, 6.45) is 7.75. The Kier molecular flexibility index (Phi) is 6.26. The molecule has 2 aromatic carbocycles. The Bertz CT molecular complexity index is 1250. The number of piperidine rings is 1. The number of quaternary nitrogens is 1. The molecule has 186 valence electrons. The number of fused-ring (bicyclic) bond motifs is 5.